The van der Waals surface area contributed by atoms with Crippen LogP contribution in [0.2, 0.25) is 0 Å². The molecule has 1 aromatic rings. The van der Waals surface area contributed by atoms with Gasteiger partial charge in [0.05, 0.1) is 0 Å². The van der Waals surface area contributed by atoms with E-state index in [9.17, 15) is 4.79 Å². The molecule has 6 heteroatoms. The lowest BCUT2D eigenvalue weighted by atomic mass is 10.1. The molecule has 20 heavy (non-hydrogen) atoms. The Kier molecular flexibility index (Phi) is 4.70. The molecule has 1 aromatic heterocycles. The van der Waals surface area contributed by atoms with Crippen molar-refractivity contribution < 1.29 is 9.90 Å². The lowest BCUT2D eigenvalue weighted by Crippen LogP contribution is -2.44. The van der Waals surface area contributed by atoms with Crippen LogP contribution in [0.3, 0.4) is 0 Å². The Bertz CT molecular complexity index is 508. The highest BCUT2D eigenvalue weighted by Gasteiger charge is 2.15. The zero-order valence-electron chi connectivity index (χ0n) is 11.6. The molecule has 1 fully saturated rings. The summed E-state index contributed by atoms with van der Waals surface area (Å²) in [6.07, 6.45) is 4.22. The quantitative estimate of drug-likeness (QED) is 0.780. The van der Waals surface area contributed by atoms with Crippen LogP contribution < -0.4 is 5.73 Å². The van der Waals surface area contributed by atoms with Gasteiger partial charge in [-0.25, -0.2) is 9.78 Å². The van der Waals surface area contributed by atoms with Crippen molar-refractivity contribution in [1.82, 2.24) is 14.8 Å². The number of carboxylic acids is 1. The van der Waals surface area contributed by atoms with Crippen LogP contribution in [0, 0.1) is 0 Å². The van der Waals surface area contributed by atoms with Gasteiger partial charge in [0, 0.05) is 50.6 Å². The molecule has 6 nitrogen and oxygen atoms in total. The first-order chi connectivity index (χ1) is 9.54. The van der Waals surface area contributed by atoms with Crippen molar-refractivity contribution in [3.05, 3.63) is 29.5 Å². The Morgan fingerprint density at radius 2 is 2.15 bits per heavy atom. The maximum Gasteiger partial charge on any atom is 0.328 e. The third-order valence-electron chi connectivity index (χ3n) is 3.43. The number of carboxylic acid groups (broad SMARTS) is 1. The minimum absolute atomic E-state index is 0.511. The van der Waals surface area contributed by atoms with E-state index in [-0.39, 0.29) is 0 Å². The minimum Gasteiger partial charge on any atom is -0.478 e. The van der Waals surface area contributed by atoms with Crippen molar-refractivity contribution in [3.63, 3.8) is 0 Å². The van der Waals surface area contributed by atoms with Gasteiger partial charge >= 0.3 is 5.97 Å². The molecular formula is C14H20N4O2. The van der Waals surface area contributed by atoms with E-state index in [4.69, 9.17) is 10.8 Å². The monoisotopic (exact) mass is 276 g/mol. The molecule has 1 saturated heterocycles. The first kappa shape index (κ1) is 14.5. The smallest absolute Gasteiger partial charge is 0.328 e. The fourth-order valence-corrected chi connectivity index (χ4v) is 2.17. The Hall–Kier alpha value is -1.92. The van der Waals surface area contributed by atoms with Gasteiger partial charge in [0.15, 0.2) is 0 Å². The number of pyridine rings is 1. The maximum absolute atomic E-state index is 10.5. The van der Waals surface area contributed by atoms with Crippen LogP contribution in [-0.2, 0) is 11.3 Å². The van der Waals surface area contributed by atoms with Gasteiger partial charge in [-0.3, -0.25) is 4.90 Å². The molecule has 108 valence electrons. The number of carbonyl (C=O) groups is 1. The first-order valence-electron chi connectivity index (χ1n) is 6.61. The molecule has 1 aliphatic rings. The molecular weight excluding hydrogens is 256 g/mol. The van der Waals surface area contributed by atoms with E-state index in [2.05, 4.69) is 21.8 Å². The summed E-state index contributed by atoms with van der Waals surface area (Å²) in [5, 5.41) is 8.64. The molecule has 0 saturated carbocycles. The topological polar surface area (TPSA) is 82.7 Å². The van der Waals surface area contributed by atoms with Crippen LogP contribution in [0.4, 0.5) is 5.82 Å². The molecule has 0 aromatic carbocycles. The van der Waals surface area contributed by atoms with Crippen LogP contribution in [0.5, 0.6) is 0 Å². The van der Waals surface area contributed by atoms with Crippen molar-refractivity contribution in [2.45, 2.75) is 6.54 Å². The van der Waals surface area contributed by atoms with Crippen LogP contribution in [0.1, 0.15) is 11.1 Å². The molecule has 0 atom stereocenters. The predicted octanol–water partition coefficient (Wildman–Crippen LogP) is 0.509. The van der Waals surface area contributed by atoms with E-state index in [0.717, 1.165) is 49.9 Å². The highest BCUT2D eigenvalue weighted by molar-refractivity contribution is 5.85. The van der Waals surface area contributed by atoms with E-state index in [1.165, 1.54) is 6.08 Å². The SMILES string of the molecule is CN1CCN(Cc2cc(C=CC(=O)O)cnc2N)CC1. The zero-order valence-corrected chi connectivity index (χ0v) is 11.6. The number of aromatic nitrogens is 1. The summed E-state index contributed by atoms with van der Waals surface area (Å²) in [5.74, 6) is -0.459. The molecule has 0 spiro atoms. The van der Waals surface area contributed by atoms with Crippen molar-refractivity contribution in [2.24, 2.45) is 0 Å². The molecule has 0 unspecified atom stereocenters. The molecule has 0 radical (unpaired) electrons. The zero-order chi connectivity index (χ0) is 14.5. The molecule has 1 aliphatic heterocycles. The van der Waals surface area contributed by atoms with Gasteiger partial charge in [-0.1, -0.05) is 0 Å². The Labute approximate surface area is 118 Å². The fourth-order valence-electron chi connectivity index (χ4n) is 2.17. The number of hydrogen-bond acceptors (Lipinski definition) is 5. The van der Waals surface area contributed by atoms with Crippen molar-refractivity contribution >= 4 is 17.9 Å². The third-order valence-corrected chi connectivity index (χ3v) is 3.43. The number of aliphatic carboxylic acids is 1. The summed E-state index contributed by atoms with van der Waals surface area (Å²) in [7, 11) is 2.12. The van der Waals surface area contributed by atoms with Gasteiger partial charge in [0.25, 0.3) is 0 Å². The van der Waals surface area contributed by atoms with Gasteiger partial charge in [0.1, 0.15) is 5.82 Å². The summed E-state index contributed by atoms with van der Waals surface area (Å²) < 4.78 is 0. The predicted molar refractivity (Wildman–Crippen MR) is 78.1 cm³/mol. The summed E-state index contributed by atoms with van der Waals surface area (Å²) in [6.45, 7) is 4.86. The molecule has 2 heterocycles. The molecule has 0 aliphatic carbocycles. The average Bonchev–Trinajstić information content (AvgIpc) is 2.42. The number of hydrogen-bond donors (Lipinski definition) is 2. The van der Waals surface area contributed by atoms with Gasteiger partial charge in [-0.15, -0.1) is 0 Å². The third kappa shape index (κ3) is 4.04. The van der Waals surface area contributed by atoms with Gasteiger partial charge < -0.3 is 15.7 Å². The molecule has 3 N–H and O–H groups in total. The standard InChI is InChI=1S/C14H20N4O2/c1-17-4-6-18(7-5-17)10-12-8-11(2-3-13(19)20)9-16-14(12)15/h2-3,8-9H,4-7,10H2,1H3,(H2,15,16)(H,19,20). The summed E-state index contributed by atoms with van der Waals surface area (Å²) in [4.78, 5) is 19.3. The van der Waals surface area contributed by atoms with Crippen molar-refractivity contribution in [2.75, 3.05) is 39.0 Å². The fraction of sp³-hybridized carbons (Fsp3) is 0.429. The number of nitrogens with zero attached hydrogens (tertiary/aromatic N) is 3. The normalized spacial score (nSPS) is 17.6. The summed E-state index contributed by atoms with van der Waals surface area (Å²) >= 11 is 0. The highest BCUT2D eigenvalue weighted by atomic mass is 16.4. The molecule has 2 rings (SSSR count). The average molecular weight is 276 g/mol. The lowest BCUT2D eigenvalue weighted by Gasteiger charge is -2.32. The van der Waals surface area contributed by atoms with Gasteiger partial charge in [-0.05, 0) is 24.8 Å². The lowest BCUT2D eigenvalue weighted by molar-refractivity contribution is -0.131. The van der Waals surface area contributed by atoms with Crippen molar-refractivity contribution in [1.29, 1.82) is 0 Å². The van der Waals surface area contributed by atoms with E-state index in [0.29, 0.717) is 5.82 Å². The van der Waals surface area contributed by atoms with E-state index in [1.807, 2.05) is 6.07 Å². The Morgan fingerprint density at radius 3 is 2.80 bits per heavy atom. The van der Waals surface area contributed by atoms with E-state index < -0.39 is 5.97 Å². The second-order valence-corrected chi connectivity index (χ2v) is 5.06. The molecule has 0 bridgehead atoms. The number of likely N-dealkylation sites (N-methyl/N-ethyl adjacent to an activating group) is 1. The van der Waals surface area contributed by atoms with Crippen molar-refractivity contribution in [3.8, 4) is 0 Å². The number of anilines is 1. The van der Waals surface area contributed by atoms with Gasteiger partial charge in [0.2, 0.25) is 0 Å². The van der Waals surface area contributed by atoms with Crippen LogP contribution >= 0.6 is 0 Å². The second-order valence-electron chi connectivity index (χ2n) is 5.06. The Morgan fingerprint density at radius 1 is 1.45 bits per heavy atom. The van der Waals surface area contributed by atoms with E-state index in [1.54, 1.807) is 6.20 Å². The summed E-state index contributed by atoms with van der Waals surface area (Å²) in [5.41, 5.74) is 7.60. The maximum atomic E-state index is 10.5. The second kappa shape index (κ2) is 6.49. The first-order valence-corrected chi connectivity index (χ1v) is 6.61. The minimum atomic E-state index is -0.970. The summed E-state index contributed by atoms with van der Waals surface area (Å²) in [6, 6.07) is 1.90. The van der Waals surface area contributed by atoms with Crippen LogP contribution in [0.25, 0.3) is 6.08 Å². The largest absolute Gasteiger partial charge is 0.478 e. The molecule has 0 amide bonds. The van der Waals surface area contributed by atoms with E-state index >= 15 is 0 Å². The van der Waals surface area contributed by atoms with Crippen LogP contribution in [0.15, 0.2) is 18.3 Å². The van der Waals surface area contributed by atoms with Gasteiger partial charge in [-0.2, -0.15) is 0 Å². The number of nitrogens with two attached hydrogens (primary N) is 1. The number of nitrogen functional groups attached to an aromatic ring is 1. The van der Waals surface area contributed by atoms with Crippen LogP contribution in [-0.4, -0.2) is 59.1 Å². The highest BCUT2D eigenvalue weighted by Crippen LogP contribution is 2.15. The number of piperazine rings is 1. The Balaban J connectivity index is 2.06. The number of rotatable bonds is 4.